The second kappa shape index (κ2) is 5.90. The highest BCUT2D eigenvalue weighted by atomic mass is 15.3. The van der Waals surface area contributed by atoms with E-state index in [1.165, 1.54) is 0 Å². The van der Waals surface area contributed by atoms with Gasteiger partial charge in [0.1, 0.15) is 17.5 Å². The first kappa shape index (κ1) is 14.3. The molecule has 0 aromatic carbocycles. The van der Waals surface area contributed by atoms with Crippen LogP contribution in [0.4, 0.5) is 17.3 Å². The quantitative estimate of drug-likeness (QED) is 0.877. The summed E-state index contributed by atoms with van der Waals surface area (Å²) >= 11 is 0. The lowest BCUT2D eigenvalue weighted by molar-refractivity contribution is 0.756. The Labute approximate surface area is 119 Å². The van der Waals surface area contributed by atoms with Crippen LogP contribution in [-0.2, 0) is 13.5 Å². The van der Waals surface area contributed by atoms with E-state index in [4.69, 9.17) is 0 Å². The number of hydrogen-bond donors (Lipinski definition) is 2. The lowest BCUT2D eigenvalue weighted by Crippen LogP contribution is -2.07. The van der Waals surface area contributed by atoms with E-state index in [9.17, 15) is 0 Å². The van der Waals surface area contributed by atoms with Crippen molar-refractivity contribution in [3.05, 3.63) is 23.3 Å². The molecule has 0 aliphatic carbocycles. The van der Waals surface area contributed by atoms with Crippen molar-refractivity contribution in [3.8, 4) is 0 Å². The van der Waals surface area contributed by atoms with Gasteiger partial charge in [0, 0.05) is 32.3 Å². The smallest absolute Gasteiger partial charge is 0.139 e. The average molecular weight is 274 g/mol. The molecule has 0 radical (unpaired) electrons. The molecule has 0 aliphatic heterocycles. The number of nitrogens with one attached hydrogen (secondary N) is 2. The largest absolute Gasteiger partial charge is 0.373 e. The van der Waals surface area contributed by atoms with Crippen molar-refractivity contribution in [3.63, 3.8) is 0 Å². The second-order valence-electron chi connectivity index (χ2n) is 4.89. The Kier molecular flexibility index (Phi) is 4.22. The van der Waals surface area contributed by atoms with Crippen LogP contribution in [0.3, 0.4) is 0 Å². The van der Waals surface area contributed by atoms with E-state index in [0.29, 0.717) is 0 Å². The van der Waals surface area contributed by atoms with Gasteiger partial charge in [-0.3, -0.25) is 4.68 Å². The van der Waals surface area contributed by atoms with Gasteiger partial charge in [-0.05, 0) is 20.3 Å². The maximum atomic E-state index is 4.62. The first-order valence-corrected chi connectivity index (χ1v) is 6.87. The molecule has 2 aromatic heterocycles. The molecule has 0 spiro atoms. The van der Waals surface area contributed by atoms with Gasteiger partial charge >= 0.3 is 0 Å². The first-order chi connectivity index (χ1) is 9.55. The Hall–Kier alpha value is -2.11. The van der Waals surface area contributed by atoms with Gasteiger partial charge < -0.3 is 10.6 Å². The third kappa shape index (κ3) is 2.89. The summed E-state index contributed by atoms with van der Waals surface area (Å²) in [6.07, 6.45) is 3.85. The van der Waals surface area contributed by atoms with Crippen LogP contribution in [0.25, 0.3) is 0 Å². The van der Waals surface area contributed by atoms with Crippen molar-refractivity contribution >= 4 is 17.3 Å². The minimum Gasteiger partial charge on any atom is -0.373 e. The fourth-order valence-corrected chi connectivity index (χ4v) is 2.11. The third-order valence-corrected chi connectivity index (χ3v) is 3.17. The summed E-state index contributed by atoms with van der Waals surface area (Å²) in [5, 5.41) is 10.8. The Balaban J connectivity index is 2.39. The zero-order valence-electron chi connectivity index (χ0n) is 12.8. The molecule has 0 saturated carbocycles. The molecule has 108 valence electrons. The Bertz CT molecular complexity index is 602. The van der Waals surface area contributed by atoms with E-state index < -0.39 is 0 Å². The molecule has 0 aliphatic rings. The van der Waals surface area contributed by atoms with E-state index >= 15 is 0 Å². The topological polar surface area (TPSA) is 67.7 Å². The molecule has 20 heavy (non-hydrogen) atoms. The normalized spacial score (nSPS) is 10.7. The van der Waals surface area contributed by atoms with Gasteiger partial charge in [0.05, 0.1) is 11.4 Å². The van der Waals surface area contributed by atoms with E-state index in [1.54, 1.807) is 4.68 Å². The molecule has 0 amide bonds. The van der Waals surface area contributed by atoms with Crippen LogP contribution in [0.5, 0.6) is 0 Å². The molecule has 2 rings (SSSR count). The van der Waals surface area contributed by atoms with Crippen LogP contribution in [0.1, 0.15) is 30.4 Å². The van der Waals surface area contributed by atoms with Crippen LogP contribution in [-0.4, -0.2) is 26.8 Å². The Morgan fingerprint density at radius 3 is 2.45 bits per heavy atom. The van der Waals surface area contributed by atoms with Crippen LogP contribution in [0.15, 0.2) is 6.20 Å². The average Bonchev–Trinajstić information content (AvgIpc) is 2.72. The van der Waals surface area contributed by atoms with Gasteiger partial charge in [0.25, 0.3) is 0 Å². The molecule has 6 nitrogen and oxygen atoms in total. The molecular formula is C14H22N6. The predicted octanol–water partition coefficient (Wildman–Crippen LogP) is 2.56. The molecular weight excluding hydrogens is 252 g/mol. The summed E-state index contributed by atoms with van der Waals surface area (Å²) in [6, 6.07) is 0. The lowest BCUT2D eigenvalue weighted by atomic mass is 10.2. The Morgan fingerprint density at radius 2 is 1.90 bits per heavy atom. The van der Waals surface area contributed by atoms with Crippen molar-refractivity contribution in [1.29, 1.82) is 0 Å². The summed E-state index contributed by atoms with van der Waals surface area (Å²) in [6.45, 7) is 6.11. The zero-order valence-corrected chi connectivity index (χ0v) is 12.8. The first-order valence-electron chi connectivity index (χ1n) is 6.87. The second-order valence-corrected chi connectivity index (χ2v) is 4.89. The van der Waals surface area contributed by atoms with Crippen LogP contribution < -0.4 is 10.6 Å². The van der Waals surface area contributed by atoms with Gasteiger partial charge in [-0.1, -0.05) is 6.92 Å². The standard InChI is InChI=1S/C14H22N6/c1-6-7-12-17-13(15-4)9(2)14(18-12)16-11-8-20(5)19-10(11)3/h8H,6-7H2,1-5H3,(H2,15,16,17,18). The maximum Gasteiger partial charge on any atom is 0.139 e. The molecule has 0 bridgehead atoms. The highest BCUT2D eigenvalue weighted by Crippen LogP contribution is 2.25. The molecule has 2 heterocycles. The van der Waals surface area contributed by atoms with Crippen LogP contribution in [0, 0.1) is 13.8 Å². The van der Waals surface area contributed by atoms with Gasteiger partial charge in [-0.15, -0.1) is 0 Å². The lowest BCUT2D eigenvalue weighted by Gasteiger charge is -2.13. The van der Waals surface area contributed by atoms with E-state index in [-0.39, 0.29) is 0 Å². The SMILES string of the molecule is CCCc1nc(NC)c(C)c(Nc2cn(C)nc2C)n1. The zero-order chi connectivity index (χ0) is 14.7. The van der Waals surface area contributed by atoms with Gasteiger partial charge in [0.15, 0.2) is 0 Å². The third-order valence-electron chi connectivity index (χ3n) is 3.17. The number of hydrogen-bond acceptors (Lipinski definition) is 5. The minimum atomic E-state index is 0.837. The number of aromatic nitrogens is 4. The summed E-state index contributed by atoms with van der Waals surface area (Å²) in [5.41, 5.74) is 2.93. The summed E-state index contributed by atoms with van der Waals surface area (Å²) in [7, 11) is 3.79. The fourth-order valence-electron chi connectivity index (χ4n) is 2.11. The van der Waals surface area contributed by atoms with Crippen LogP contribution >= 0.6 is 0 Å². The summed E-state index contributed by atoms with van der Waals surface area (Å²) in [5.74, 6) is 2.56. The van der Waals surface area contributed by atoms with Crippen molar-refractivity contribution in [2.45, 2.75) is 33.6 Å². The van der Waals surface area contributed by atoms with Gasteiger partial charge in [-0.2, -0.15) is 5.10 Å². The molecule has 2 N–H and O–H groups in total. The number of anilines is 3. The van der Waals surface area contributed by atoms with E-state index in [0.717, 1.165) is 47.2 Å². The summed E-state index contributed by atoms with van der Waals surface area (Å²) in [4.78, 5) is 9.14. The number of nitrogens with zero attached hydrogens (tertiary/aromatic N) is 4. The van der Waals surface area contributed by atoms with Crippen molar-refractivity contribution in [1.82, 2.24) is 19.7 Å². The Morgan fingerprint density at radius 1 is 1.20 bits per heavy atom. The molecule has 0 saturated heterocycles. The van der Waals surface area contributed by atoms with Crippen molar-refractivity contribution in [2.75, 3.05) is 17.7 Å². The highest BCUT2D eigenvalue weighted by Gasteiger charge is 2.12. The molecule has 6 heteroatoms. The van der Waals surface area contributed by atoms with Gasteiger partial charge in [0.2, 0.25) is 0 Å². The number of aryl methyl sites for hydroxylation is 3. The molecule has 0 unspecified atom stereocenters. The van der Waals surface area contributed by atoms with E-state index in [1.807, 2.05) is 34.1 Å². The van der Waals surface area contributed by atoms with Crippen molar-refractivity contribution < 1.29 is 0 Å². The monoisotopic (exact) mass is 274 g/mol. The highest BCUT2D eigenvalue weighted by molar-refractivity contribution is 5.65. The minimum absolute atomic E-state index is 0.837. The molecule has 0 fully saturated rings. The molecule has 0 atom stereocenters. The van der Waals surface area contributed by atoms with Gasteiger partial charge in [-0.25, -0.2) is 9.97 Å². The molecule has 2 aromatic rings. The van der Waals surface area contributed by atoms with E-state index in [2.05, 4.69) is 32.6 Å². The fraction of sp³-hybridized carbons (Fsp3) is 0.500. The van der Waals surface area contributed by atoms with Crippen LogP contribution in [0.2, 0.25) is 0 Å². The maximum absolute atomic E-state index is 4.62. The predicted molar refractivity (Wildman–Crippen MR) is 81.5 cm³/mol. The van der Waals surface area contributed by atoms with Crippen molar-refractivity contribution in [2.24, 2.45) is 7.05 Å². The summed E-state index contributed by atoms with van der Waals surface area (Å²) < 4.78 is 1.79. The number of rotatable bonds is 5.